The number of nitrogens with zero attached hydrogens (tertiary/aromatic N) is 1. The van der Waals surface area contributed by atoms with E-state index in [4.69, 9.17) is 11.5 Å². The molecule has 0 aliphatic rings. The van der Waals surface area contributed by atoms with Crippen molar-refractivity contribution in [1.29, 1.82) is 0 Å². The second-order valence-corrected chi connectivity index (χ2v) is 6.22. The Morgan fingerprint density at radius 1 is 1.38 bits per heavy atom. The van der Waals surface area contributed by atoms with Crippen LogP contribution in [0.15, 0.2) is 29.2 Å². The van der Waals surface area contributed by atoms with Crippen LogP contribution in [0.25, 0.3) is 0 Å². The number of nitrogen functional groups attached to an aromatic ring is 1. The third-order valence-electron chi connectivity index (χ3n) is 2.52. The zero-order valence-electron chi connectivity index (χ0n) is 11.3. The van der Waals surface area contributed by atoms with E-state index in [1.54, 1.807) is 19.1 Å². The highest BCUT2D eigenvalue weighted by atomic mass is 32.2. The molecule has 0 radical (unpaired) electrons. The minimum atomic E-state index is -0.410. The highest BCUT2D eigenvalue weighted by Gasteiger charge is 2.15. The van der Waals surface area contributed by atoms with Gasteiger partial charge in [-0.3, -0.25) is 9.59 Å². The van der Waals surface area contributed by atoms with Gasteiger partial charge in [0.2, 0.25) is 5.91 Å². The molecule has 0 aliphatic heterocycles. The van der Waals surface area contributed by atoms with E-state index in [1.165, 1.54) is 11.8 Å². The molecule has 0 saturated heterocycles. The molecule has 8 heteroatoms. The SMILES string of the molecule is Cc1nc(N)sc1C(=O)Nc1ccccc1SCC(N)=O. The van der Waals surface area contributed by atoms with Gasteiger partial charge in [0.05, 0.1) is 17.1 Å². The molecule has 1 aromatic heterocycles. The quantitative estimate of drug-likeness (QED) is 0.728. The van der Waals surface area contributed by atoms with E-state index >= 15 is 0 Å². The monoisotopic (exact) mass is 322 g/mol. The van der Waals surface area contributed by atoms with Crippen molar-refractivity contribution >= 4 is 45.7 Å². The zero-order chi connectivity index (χ0) is 15.4. The highest BCUT2D eigenvalue weighted by molar-refractivity contribution is 8.00. The summed E-state index contributed by atoms with van der Waals surface area (Å²) in [6.07, 6.45) is 0. The van der Waals surface area contributed by atoms with Crippen molar-refractivity contribution < 1.29 is 9.59 Å². The summed E-state index contributed by atoms with van der Waals surface area (Å²) in [6.45, 7) is 1.73. The van der Waals surface area contributed by atoms with Crippen LogP contribution in [0.1, 0.15) is 15.4 Å². The number of hydrogen-bond acceptors (Lipinski definition) is 6. The van der Waals surface area contributed by atoms with Crippen LogP contribution in [0.3, 0.4) is 0 Å². The van der Waals surface area contributed by atoms with Gasteiger partial charge in [0.15, 0.2) is 5.13 Å². The fourth-order valence-electron chi connectivity index (χ4n) is 1.65. The number of thioether (sulfide) groups is 1. The Balaban J connectivity index is 2.17. The topological polar surface area (TPSA) is 111 Å². The number of hydrogen-bond donors (Lipinski definition) is 3. The summed E-state index contributed by atoms with van der Waals surface area (Å²) in [4.78, 5) is 28.4. The molecule has 0 atom stereocenters. The number of aryl methyl sites for hydroxylation is 1. The first-order valence-corrected chi connectivity index (χ1v) is 7.82. The van der Waals surface area contributed by atoms with Gasteiger partial charge in [0.25, 0.3) is 5.91 Å². The van der Waals surface area contributed by atoms with Crippen molar-refractivity contribution in [3.05, 3.63) is 34.8 Å². The van der Waals surface area contributed by atoms with Crippen LogP contribution in [-0.2, 0) is 4.79 Å². The normalized spacial score (nSPS) is 10.3. The lowest BCUT2D eigenvalue weighted by Gasteiger charge is -2.09. The third kappa shape index (κ3) is 3.96. The van der Waals surface area contributed by atoms with E-state index in [1.807, 2.05) is 12.1 Å². The van der Waals surface area contributed by atoms with Gasteiger partial charge < -0.3 is 16.8 Å². The van der Waals surface area contributed by atoms with Gasteiger partial charge in [-0.25, -0.2) is 4.98 Å². The van der Waals surface area contributed by atoms with Crippen LogP contribution in [0.4, 0.5) is 10.8 Å². The molecule has 2 aromatic rings. The van der Waals surface area contributed by atoms with E-state index < -0.39 is 5.91 Å². The van der Waals surface area contributed by atoms with Crippen LogP contribution in [0, 0.1) is 6.92 Å². The molecule has 0 bridgehead atoms. The maximum Gasteiger partial charge on any atom is 0.267 e. The lowest BCUT2D eigenvalue weighted by atomic mass is 10.3. The van der Waals surface area contributed by atoms with Crippen molar-refractivity contribution in [3.8, 4) is 0 Å². The van der Waals surface area contributed by atoms with Crippen LogP contribution in [0.5, 0.6) is 0 Å². The Kier molecular flexibility index (Phi) is 4.81. The number of rotatable bonds is 5. The Hall–Kier alpha value is -2.06. The summed E-state index contributed by atoms with van der Waals surface area (Å²) in [5.74, 6) is -0.527. The average Bonchev–Trinajstić information content (AvgIpc) is 2.76. The van der Waals surface area contributed by atoms with Gasteiger partial charge in [0.1, 0.15) is 4.88 Å². The molecule has 1 heterocycles. The highest BCUT2D eigenvalue weighted by Crippen LogP contribution is 2.28. The van der Waals surface area contributed by atoms with Gasteiger partial charge in [-0.05, 0) is 19.1 Å². The molecule has 6 nitrogen and oxygen atoms in total. The Labute approximate surface area is 129 Å². The van der Waals surface area contributed by atoms with E-state index in [-0.39, 0.29) is 11.7 Å². The number of benzene rings is 1. The number of carbonyl (C=O) groups excluding carboxylic acids is 2. The first-order valence-electron chi connectivity index (χ1n) is 6.01. The number of amides is 2. The minimum Gasteiger partial charge on any atom is -0.375 e. The van der Waals surface area contributed by atoms with Crippen molar-refractivity contribution in [3.63, 3.8) is 0 Å². The Morgan fingerprint density at radius 2 is 2.10 bits per heavy atom. The summed E-state index contributed by atoms with van der Waals surface area (Å²) in [5, 5.41) is 3.16. The molecular weight excluding hydrogens is 308 g/mol. The lowest BCUT2D eigenvalue weighted by Crippen LogP contribution is -2.14. The summed E-state index contributed by atoms with van der Waals surface area (Å²) in [6, 6.07) is 7.21. The van der Waals surface area contributed by atoms with Gasteiger partial charge in [-0.15, -0.1) is 11.8 Å². The Morgan fingerprint density at radius 3 is 2.71 bits per heavy atom. The molecule has 0 aliphatic carbocycles. The van der Waals surface area contributed by atoms with Crippen molar-refractivity contribution in [2.75, 3.05) is 16.8 Å². The molecule has 2 amide bonds. The molecule has 0 fully saturated rings. The predicted molar refractivity (Wildman–Crippen MR) is 85.6 cm³/mol. The van der Waals surface area contributed by atoms with Crippen LogP contribution in [-0.4, -0.2) is 22.6 Å². The molecule has 110 valence electrons. The number of para-hydroxylation sites is 1. The molecule has 5 N–H and O–H groups in total. The van der Waals surface area contributed by atoms with Crippen LogP contribution in [0.2, 0.25) is 0 Å². The van der Waals surface area contributed by atoms with E-state index in [9.17, 15) is 9.59 Å². The minimum absolute atomic E-state index is 0.152. The third-order valence-corrected chi connectivity index (χ3v) is 4.61. The maximum absolute atomic E-state index is 12.2. The largest absolute Gasteiger partial charge is 0.375 e. The van der Waals surface area contributed by atoms with Crippen molar-refractivity contribution in [1.82, 2.24) is 4.98 Å². The molecule has 1 aromatic carbocycles. The molecule has 21 heavy (non-hydrogen) atoms. The first kappa shape index (κ1) is 15.3. The summed E-state index contributed by atoms with van der Waals surface area (Å²) in [5.41, 5.74) is 12.0. The summed E-state index contributed by atoms with van der Waals surface area (Å²) < 4.78 is 0. The molecule has 0 spiro atoms. The fraction of sp³-hybridized carbons (Fsp3) is 0.154. The molecular formula is C13H14N4O2S2. The van der Waals surface area contributed by atoms with Gasteiger partial charge >= 0.3 is 0 Å². The van der Waals surface area contributed by atoms with Crippen molar-refractivity contribution in [2.45, 2.75) is 11.8 Å². The fourth-order valence-corrected chi connectivity index (χ4v) is 3.13. The van der Waals surface area contributed by atoms with Crippen molar-refractivity contribution in [2.24, 2.45) is 5.73 Å². The summed E-state index contributed by atoms with van der Waals surface area (Å²) in [7, 11) is 0. The lowest BCUT2D eigenvalue weighted by molar-refractivity contribution is -0.115. The van der Waals surface area contributed by atoms with Crippen LogP contribution >= 0.6 is 23.1 Å². The van der Waals surface area contributed by atoms with Gasteiger partial charge in [0, 0.05) is 4.90 Å². The second-order valence-electron chi connectivity index (χ2n) is 4.17. The van der Waals surface area contributed by atoms with E-state index in [0.29, 0.717) is 21.4 Å². The number of nitrogens with one attached hydrogen (secondary N) is 1. The van der Waals surface area contributed by atoms with E-state index in [2.05, 4.69) is 10.3 Å². The molecule has 0 unspecified atom stereocenters. The number of carbonyl (C=O) groups is 2. The Bertz CT molecular complexity index is 685. The molecule has 2 rings (SSSR count). The number of nitrogens with two attached hydrogens (primary N) is 2. The van der Waals surface area contributed by atoms with Crippen LogP contribution < -0.4 is 16.8 Å². The van der Waals surface area contributed by atoms with E-state index in [0.717, 1.165) is 16.2 Å². The molecule has 0 saturated carbocycles. The first-order chi connectivity index (χ1) is 9.97. The average molecular weight is 322 g/mol. The number of anilines is 2. The number of thiazole rings is 1. The standard InChI is InChI=1S/C13H14N4O2S2/c1-7-11(21-13(15)16-7)12(19)17-8-4-2-3-5-9(8)20-6-10(14)18/h2-5H,6H2,1H3,(H2,14,18)(H2,15,16)(H,17,19). The van der Waals surface area contributed by atoms with Gasteiger partial charge in [-0.1, -0.05) is 23.5 Å². The number of primary amides is 1. The predicted octanol–water partition coefficient (Wildman–Crippen LogP) is 1.86. The number of aromatic nitrogens is 1. The second kappa shape index (κ2) is 6.59. The zero-order valence-corrected chi connectivity index (χ0v) is 12.9. The summed E-state index contributed by atoms with van der Waals surface area (Å²) >= 11 is 2.42. The smallest absolute Gasteiger partial charge is 0.267 e. The van der Waals surface area contributed by atoms with Gasteiger partial charge in [-0.2, -0.15) is 0 Å². The maximum atomic E-state index is 12.2.